The van der Waals surface area contributed by atoms with E-state index in [4.69, 9.17) is 0 Å². The maximum atomic E-state index is 11.9. The topological polar surface area (TPSA) is 104 Å². The van der Waals surface area contributed by atoms with Gasteiger partial charge in [-0.1, -0.05) is 23.8 Å². The zero-order chi connectivity index (χ0) is 13.9. The molecule has 1 aliphatic carbocycles. The fourth-order valence-corrected chi connectivity index (χ4v) is 2.08. The molecule has 1 aliphatic rings. The largest absolute Gasteiger partial charge is 0.339 e. The SMILES string of the molecule is O=C(CC1=CC=CCC1)Nc1nc2nc[nH]c2c(=O)[nH]1. The third-order valence-corrected chi connectivity index (χ3v) is 3.04. The van der Waals surface area contributed by atoms with Crippen molar-refractivity contribution in [2.24, 2.45) is 0 Å². The van der Waals surface area contributed by atoms with Crippen LogP contribution in [0.3, 0.4) is 0 Å². The Balaban J connectivity index is 1.75. The van der Waals surface area contributed by atoms with Gasteiger partial charge in [0.2, 0.25) is 11.9 Å². The summed E-state index contributed by atoms with van der Waals surface area (Å²) in [6.07, 6.45) is 9.47. The van der Waals surface area contributed by atoms with Crippen LogP contribution in [0, 0.1) is 0 Å². The fraction of sp³-hybridized carbons (Fsp3) is 0.231. The Morgan fingerprint density at radius 1 is 1.45 bits per heavy atom. The molecule has 3 N–H and O–H groups in total. The zero-order valence-corrected chi connectivity index (χ0v) is 10.6. The maximum absolute atomic E-state index is 11.9. The van der Waals surface area contributed by atoms with Crippen molar-refractivity contribution in [2.75, 3.05) is 5.32 Å². The number of fused-ring (bicyclic) bond motifs is 1. The number of nitrogens with one attached hydrogen (secondary N) is 3. The highest BCUT2D eigenvalue weighted by atomic mass is 16.2. The predicted octanol–water partition coefficient (Wildman–Crippen LogP) is 1.25. The molecule has 0 aliphatic heterocycles. The summed E-state index contributed by atoms with van der Waals surface area (Å²) in [6, 6.07) is 0. The van der Waals surface area contributed by atoms with E-state index in [1.54, 1.807) is 0 Å². The van der Waals surface area contributed by atoms with Gasteiger partial charge in [0.1, 0.15) is 0 Å². The minimum absolute atomic E-state index is 0.117. The number of aromatic amines is 2. The van der Waals surface area contributed by atoms with Crippen LogP contribution in [0.15, 0.2) is 34.9 Å². The van der Waals surface area contributed by atoms with E-state index < -0.39 is 0 Å². The van der Waals surface area contributed by atoms with Gasteiger partial charge in [-0.25, -0.2) is 4.98 Å². The number of allylic oxidation sites excluding steroid dienone is 3. The van der Waals surface area contributed by atoms with E-state index in [9.17, 15) is 9.59 Å². The quantitative estimate of drug-likeness (QED) is 0.781. The number of H-pyrrole nitrogens is 2. The second-order valence-electron chi connectivity index (χ2n) is 4.53. The van der Waals surface area contributed by atoms with Crippen molar-refractivity contribution in [2.45, 2.75) is 19.3 Å². The molecule has 3 rings (SSSR count). The van der Waals surface area contributed by atoms with Crippen molar-refractivity contribution in [1.29, 1.82) is 0 Å². The van der Waals surface area contributed by atoms with Crippen LogP contribution in [0.1, 0.15) is 19.3 Å². The smallest absolute Gasteiger partial charge is 0.278 e. The van der Waals surface area contributed by atoms with Crippen molar-refractivity contribution in [3.8, 4) is 0 Å². The van der Waals surface area contributed by atoms with E-state index in [1.165, 1.54) is 6.33 Å². The van der Waals surface area contributed by atoms with Gasteiger partial charge in [-0.2, -0.15) is 4.98 Å². The van der Waals surface area contributed by atoms with Crippen LogP contribution < -0.4 is 10.9 Å². The number of imidazole rings is 1. The van der Waals surface area contributed by atoms with E-state index in [0.717, 1.165) is 18.4 Å². The summed E-state index contributed by atoms with van der Waals surface area (Å²) < 4.78 is 0. The number of hydrogen-bond donors (Lipinski definition) is 3. The number of anilines is 1. The van der Waals surface area contributed by atoms with Crippen molar-refractivity contribution in [3.63, 3.8) is 0 Å². The van der Waals surface area contributed by atoms with Crippen LogP contribution in [0.4, 0.5) is 5.95 Å². The third kappa shape index (κ3) is 2.51. The van der Waals surface area contributed by atoms with Gasteiger partial charge in [0.05, 0.1) is 6.33 Å². The van der Waals surface area contributed by atoms with Gasteiger partial charge in [-0.05, 0) is 12.8 Å². The first kappa shape index (κ1) is 12.3. The standard InChI is InChI=1S/C13H13N5O2/c19-9(6-8-4-2-1-3-5-8)16-13-17-11-10(12(20)18-13)14-7-15-11/h1-2,4,7H,3,5-6H2,(H3,14,15,16,17,18,19,20). The lowest BCUT2D eigenvalue weighted by molar-refractivity contribution is -0.115. The van der Waals surface area contributed by atoms with Crippen LogP contribution in [-0.4, -0.2) is 25.8 Å². The molecule has 0 radical (unpaired) electrons. The zero-order valence-electron chi connectivity index (χ0n) is 10.6. The second-order valence-corrected chi connectivity index (χ2v) is 4.53. The van der Waals surface area contributed by atoms with Crippen molar-refractivity contribution in [3.05, 3.63) is 40.5 Å². The van der Waals surface area contributed by atoms with E-state index in [0.29, 0.717) is 11.9 Å². The van der Waals surface area contributed by atoms with Crippen LogP contribution >= 0.6 is 0 Å². The minimum Gasteiger partial charge on any atom is -0.339 e. The van der Waals surface area contributed by atoms with E-state index in [2.05, 4.69) is 31.3 Å². The summed E-state index contributed by atoms with van der Waals surface area (Å²) in [5.41, 5.74) is 1.28. The van der Waals surface area contributed by atoms with Crippen molar-refractivity contribution < 1.29 is 4.79 Å². The molecule has 0 fully saturated rings. The molecule has 0 atom stereocenters. The van der Waals surface area contributed by atoms with Gasteiger partial charge in [0.25, 0.3) is 5.56 Å². The molecule has 1 amide bonds. The Hall–Kier alpha value is -2.70. The number of hydrogen-bond acceptors (Lipinski definition) is 4. The Morgan fingerprint density at radius 2 is 2.35 bits per heavy atom. The molecule has 2 aromatic rings. The number of carbonyl (C=O) groups excluding carboxylic acids is 1. The van der Waals surface area contributed by atoms with E-state index >= 15 is 0 Å². The lowest BCUT2D eigenvalue weighted by Crippen LogP contribution is -2.18. The summed E-state index contributed by atoms with van der Waals surface area (Å²) in [5, 5.41) is 2.59. The van der Waals surface area contributed by atoms with Crippen molar-refractivity contribution >= 4 is 23.0 Å². The van der Waals surface area contributed by atoms with E-state index in [1.807, 2.05) is 12.2 Å². The summed E-state index contributed by atoms with van der Waals surface area (Å²) >= 11 is 0. The number of rotatable bonds is 3. The predicted molar refractivity (Wildman–Crippen MR) is 74.2 cm³/mol. The molecule has 0 bridgehead atoms. The summed E-state index contributed by atoms with van der Waals surface area (Å²) in [4.78, 5) is 36.8. The molecule has 7 nitrogen and oxygen atoms in total. The van der Waals surface area contributed by atoms with Gasteiger partial charge >= 0.3 is 0 Å². The van der Waals surface area contributed by atoms with Gasteiger partial charge in [0, 0.05) is 6.42 Å². The summed E-state index contributed by atoms with van der Waals surface area (Å²) in [7, 11) is 0. The fourth-order valence-electron chi connectivity index (χ4n) is 2.08. The Labute approximate surface area is 113 Å². The van der Waals surface area contributed by atoms with Crippen LogP contribution in [-0.2, 0) is 4.79 Å². The Morgan fingerprint density at radius 3 is 3.15 bits per heavy atom. The molecular weight excluding hydrogens is 258 g/mol. The maximum Gasteiger partial charge on any atom is 0.278 e. The molecule has 0 saturated carbocycles. The van der Waals surface area contributed by atoms with E-state index in [-0.39, 0.29) is 23.1 Å². The number of amides is 1. The van der Waals surface area contributed by atoms with Crippen LogP contribution in [0.2, 0.25) is 0 Å². The van der Waals surface area contributed by atoms with Gasteiger partial charge in [0.15, 0.2) is 11.2 Å². The summed E-state index contributed by atoms with van der Waals surface area (Å²) in [6.45, 7) is 0. The highest BCUT2D eigenvalue weighted by Crippen LogP contribution is 2.15. The molecule has 7 heteroatoms. The van der Waals surface area contributed by atoms with Crippen LogP contribution in [0.5, 0.6) is 0 Å². The third-order valence-electron chi connectivity index (χ3n) is 3.04. The molecule has 0 saturated heterocycles. The first-order chi connectivity index (χ1) is 9.72. The molecule has 2 aromatic heterocycles. The number of aromatic nitrogens is 4. The van der Waals surface area contributed by atoms with Gasteiger partial charge < -0.3 is 4.98 Å². The minimum atomic E-state index is -0.359. The first-order valence-corrected chi connectivity index (χ1v) is 6.30. The summed E-state index contributed by atoms with van der Waals surface area (Å²) in [5.74, 6) is -0.0869. The molecule has 0 unspecified atom stereocenters. The normalized spacial score (nSPS) is 14.3. The molecule has 0 spiro atoms. The highest BCUT2D eigenvalue weighted by Gasteiger charge is 2.11. The van der Waals surface area contributed by atoms with Crippen LogP contribution in [0.25, 0.3) is 11.2 Å². The molecule has 0 aromatic carbocycles. The second kappa shape index (κ2) is 5.12. The number of nitrogens with zero attached hydrogens (tertiary/aromatic N) is 2. The Bertz CT molecular complexity index is 768. The number of carbonyl (C=O) groups is 1. The Kier molecular flexibility index (Phi) is 3.16. The van der Waals surface area contributed by atoms with Gasteiger partial charge in [-0.3, -0.25) is 19.9 Å². The lowest BCUT2D eigenvalue weighted by Gasteiger charge is -2.08. The molecular formula is C13H13N5O2. The average Bonchev–Trinajstić information content (AvgIpc) is 2.88. The first-order valence-electron chi connectivity index (χ1n) is 6.30. The molecule has 2 heterocycles. The average molecular weight is 271 g/mol. The van der Waals surface area contributed by atoms with Gasteiger partial charge in [-0.15, -0.1) is 0 Å². The van der Waals surface area contributed by atoms with Crippen molar-refractivity contribution in [1.82, 2.24) is 19.9 Å². The molecule has 20 heavy (non-hydrogen) atoms. The lowest BCUT2D eigenvalue weighted by atomic mass is 10.0. The highest BCUT2D eigenvalue weighted by molar-refractivity contribution is 5.91. The monoisotopic (exact) mass is 271 g/mol. The molecule has 102 valence electrons.